The van der Waals surface area contributed by atoms with Gasteiger partial charge in [-0.1, -0.05) is 62.4 Å². The Morgan fingerprint density at radius 1 is 1.12 bits per heavy atom. The fourth-order valence-corrected chi connectivity index (χ4v) is 2.32. The summed E-state index contributed by atoms with van der Waals surface area (Å²) in [5.74, 6) is 1.02. The van der Waals surface area contributed by atoms with E-state index in [4.69, 9.17) is 10.5 Å². The molecule has 0 fully saturated rings. The topological polar surface area (TPSA) is 64.3 Å². The van der Waals surface area contributed by atoms with Gasteiger partial charge in [0, 0.05) is 12.1 Å². The molecule has 0 saturated heterocycles. The average Bonchev–Trinajstić information content (AvgIpc) is 2.59. The largest absolute Gasteiger partial charge is 0.493 e. The lowest BCUT2D eigenvalue weighted by Crippen LogP contribution is -2.48. The molecule has 0 aromatic heterocycles. The number of hydrogen-bond acceptors (Lipinski definition) is 3. The Balaban J connectivity index is 0.00000312. The van der Waals surface area contributed by atoms with Gasteiger partial charge >= 0.3 is 0 Å². The van der Waals surface area contributed by atoms with Crippen LogP contribution in [-0.2, 0) is 16.9 Å². The van der Waals surface area contributed by atoms with Crippen LogP contribution in [0.2, 0.25) is 0 Å². The lowest BCUT2D eigenvalue weighted by atomic mass is 9.92. The maximum atomic E-state index is 12.5. The molecule has 2 aromatic rings. The Morgan fingerprint density at radius 2 is 1.72 bits per heavy atom. The minimum Gasteiger partial charge on any atom is -0.493 e. The maximum Gasteiger partial charge on any atom is 0.244 e. The predicted octanol–water partition coefficient (Wildman–Crippen LogP) is 3.63. The fourth-order valence-electron chi connectivity index (χ4n) is 2.32. The number of carbonyl (C=O) groups is 1. The summed E-state index contributed by atoms with van der Waals surface area (Å²) in [4.78, 5) is 12.5. The van der Waals surface area contributed by atoms with Crippen LogP contribution in [0.1, 0.15) is 31.9 Å². The van der Waals surface area contributed by atoms with E-state index in [2.05, 4.69) is 19.2 Å². The normalized spacial score (nSPS) is 12.8. The van der Waals surface area contributed by atoms with Crippen molar-refractivity contribution in [3.05, 3.63) is 65.7 Å². The highest BCUT2D eigenvalue weighted by Crippen LogP contribution is 2.20. The number of carbonyl (C=O) groups excluding carboxylic acids is 1. The van der Waals surface area contributed by atoms with Gasteiger partial charge in [-0.2, -0.15) is 0 Å². The lowest BCUT2D eigenvalue weighted by Gasteiger charge is -2.24. The molecule has 0 saturated carbocycles. The number of nitrogens with two attached hydrogens (primary N) is 1. The monoisotopic (exact) mass is 362 g/mol. The second-order valence-corrected chi connectivity index (χ2v) is 6.56. The van der Waals surface area contributed by atoms with Gasteiger partial charge in [0.05, 0.1) is 6.61 Å². The van der Waals surface area contributed by atoms with Crippen LogP contribution in [0.5, 0.6) is 5.75 Å². The molecule has 136 valence electrons. The Kier molecular flexibility index (Phi) is 7.94. The van der Waals surface area contributed by atoms with Gasteiger partial charge in [0.25, 0.3) is 0 Å². The summed E-state index contributed by atoms with van der Waals surface area (Å²) in [5, 5.41) is 2.92. The Labute approximate surface area is 156 Å². The molecule has 1 atom stereocenters. The first-order chi connectivity index (χ1) is 11.4. The highest BCUT2D eigenvalue weighted by atomic mass is 35.5. The number of benzene rings is 2. The zero-order valence-electron chi connectivity index (χ0n) is 15.0. The summed E-state index contributed by atoms with van der Waals surface area (Å²) < 4.78 is 5.82. The Bertz CT molecular complexity index is 672. The highest BCUT2D eigenvalue weighted by Gasteiger charge is 2.30. The van der Waals surface area contributed by atoms with E-state index >= 15 is 0 Å². The van der Waals surface area contributed by atoms with E-state index in [1.54, 1.807) is 6.92 Å². The minimum atomic E-state index is -1.07. The van der Waals surface area contributed by atoms with Gasteiger partial charge in [0.15, 0.2) is 0 Å². The van der Waals surface area contributed by atoms with Crippen molar-refractivity contribution in [1.29, 1.82) is 0 Å². The first-order valence-corrected chi connectivity index (χ1v) is 8.24. The zero-order valence-corrected chi connectivity index (χ0v) is 15.8. The molecule has 0 bridgehead atoms. The number of ether oxygens (including phenoxy) is 1. The van der Waals surface area contributed by atoms with Crippen LogP contribution in [0.4, 0.5) is 0 Å². The summed E-state index contributed by atoms with van der Waals surface area (Å²) >= 11 is 0. The Hall–Kier alpha value is -2.04. The molecule has 0 radical (unpaired) electrons. The molecule has 0 heterocycles. The summed E-state index contributed by atoms with van der Waals surface area (Å²) in [6.45, 7) is 6.95. The minimum absolute atomic E-state index is 0. The van der Waals surface area contributed by atoms with Crippen LogP contribution >= 0.6 is 12.4 Å². The van der Waals surface area contributed by atoms with E-state index in [-0.39, 0.29) is 18.3 Å². The molecule has 2 aromatic carbocycles. The smallest absolute Gasteiger partial charge is 0.244 e. The maximum absolute atomic E-state index is 12.5. The SMILES string of the molecule is CC(C)COc1ccccc1CNC(=O)C(C)(N)c1ccccc1.Cl. The third-order valence-electron chi connectivity index (χ3n) is 3.83. The van der Waals surface area contributed by atoms with Crippen molar-refractivity contribution in [2.45, 2.75) is 32.9 Å². The van der Waals surface area contributed by atoms with Crippen LogP contribution in [0, 0.1) is 5.92 Å². The quantitative estimate of drug-likeness (QED) is 0.790. The van der Waals surface area contributed by atoms with E-state index in [9.17, 15) is 4.79 Å². The molecule has 0 spiro atoms. The predicted molar refractivity (Wildman–Crippen MR) is 104 cm³/mol. The highest BCUT2D eigenvalue weighted by molar-refractivity contribution is 5.87. The summed E-state index contributed by atoms with van der Waals surface area (Å²) in [6, 6.07) is 17.1. The number of rotatable bonds is 7. The first kappa shape index (κ1) is 21.0. The molecule has 4 nitrogen and oxygen atoms in total. The van der Waals surface area contributed by atoms with Gasteiger partial charge < -0.3 is 15.8 Å². The standard InChI is InChI=1S/C20H26N2O2.ClH/c1-15(2)14-24-18-12-8-7-9-16(18)13-22-19(23)20(3,21)17-10-5-4-6-11-17;/h4-12,15H,13-14,21H2,1-3H3,(H,22,23);1H. The van der Waals surface area contributed by atoms with E-state index in [0.29, 0.717) is 19.1 Å². The second kappa shape index (κ2) is 9.44. The van der Waals surface area contributed by atoms with E-state index in [1.807, 2.05) is 54.6 Å². The number of hydrogen-bond donors (Lipinski definition) is 2. The van der Waals surface area contributed by atoms with Gasteiger partial charge in [-0.15, -0.1) is 12.4 Å². The molecule has 1 unspecified atom stereocenters. The molecule has 25 heavy (non-hydrogen) atoms. The van der Waals surface area contributed by atoms with Crippen LogP contribution in [0.3, 0.4) is 0 Å². The van der Waals surface area contributed by atoms with Crippen molar-refractivity contribution in [2.24, 2.45) is 11.7 Å². The number of para-hydroxylation sites is 1. The van der Waals surface area contributed by atoms with Crippen molar-refractivity contribution in [3.63, 3.8) is 0 Å². The van der Waals surface area contributed by atoms with Crippen LogP contribution in [-0.4, -0.2) is 12.5 Å². The fraction of sp³-hybridized carbons (Fsp3) is 0.350. The lowest BCUT2D eigenvalue weighted by molar-refractivity contribution is -0.126. The molecule has 3 N–H and O–H groups in total. The summed E-state index contributed by atoms with van der Waals surface area (Å²) in [5.41, 5.74) is 6.89. The van der Waals surface area contributed by atoms with Gasteiger partial charge in [-0.25, -0.2) is 0 Å². The summed E-state index contributed by atoms with van der Waals surface area (Å²) in [6.07, 6.45) is 0. The van der Waals surface area contributed by atoms with Crippen molar-refractivity contribution in [1.82, 2.24) is 5.32 Å². The molecule has 0 aliphatic carbocycles. The van der Waals surface area contributed by atoms with Crippen LogP contribution in [0.15, 0.2) is 54.6 Å². The average molecular weight is 363 g/mol. The van der Waals surface area contributed by atoms with Gasteiger partial charge in [0.2, 0.25) is 5.91 Å². The second-order valence-electron chi connectivity index (χ2n) is 6.56. The number of nitrogens with one attached hydrogen (secondary N) is 1. The molecule has 1 amide bonds. The van der Waals surface area contributed by atoms with E-state index < -0.39 is 5.54 Å². The first-order valence-electron chi connectivity index (χ1n) is 8.24. The van der Waals surface area contributed by atoms with Gasteiger partial charge in [-0.3, -0.25) is 4.79 Å². The van der Waals surface area contributed by atoms with Crippen LogP contribution < -0.4 is 15.8 Å². The van der Waals surface area contributed by atoms with Crippen molar-refractivity contribution in [2.75, 3.05) is 6.61 Å². The third-order valence-corrected chi connectivity index (χ3v) is 3.83. The van der Waals surface area contributed by atoms with Crippen molar-refractivity contribution in [3.8, 4) is 5.75 Å². The molecular weight excluding hydrogens is 336 g/mol. The van der Waals surface area contributed by atoms with Crippen LogP contribution in [0.25, 0.3) is 0 Å². The number of halogens is 1. The third kappa shape index (κ3) is 5.76. The molecule has 5 heteroatoms. The molecule has 0 aliphatic heterocycles. The number of amides is 1. The summed E-state index contributed by atoms with van der Waals surface area (Å²) in [7, 11) is 0. The van der Waals surface area contributed by atoms with E-state index in [0.717, 1.165) is 16.9 Å². The van der Waals surface area contributed by atoms with Crippen molar-refractivity contribution < 1.29 is 9.53 Å². The zero-order chi connectivity index (χ0) is 17.6. The molecule has 0 aliphatic rings. The van der Waals surface area contributed by atoms with Gasteiger partial charge in [-0.05, 0) is 24.5 Å². The van der Waals surface area contributed by atoms with E-state index in [1.165, 1.54) is 0 Å². The van der Waals surface area contributed by atoms with Gasteiger partial charge in [0.1, 0.15) is 11.3 Å². The molecule has 2 rings (SSSR count). The molecular formula is C20H27ClN2O2. The van der Waals surface area contributed by atoms with Crippen molar-refractivity contribution >= 4 is 18.3 Å². The Morgan fingerprint density at radius 3 is 2.36 bits per heavy atom.